The van der Waals surface area contributed by atoms with Crippen molar-refractivity contribution in [2.75, 3.05) is 7.11 Å². The van der Waals surface area contributed by atoms with Crippen molar-refractivity contribution in [3.05, 3.63) is 46.9 Å². The lowest BCUT2D eigenvalue weighted by Crippen LogP contribution is -2.10. The Morgan fingerprint density at radius 2 is 2.09 bits per heavy atom. The van der Waals surface area contributed by atoms with Crippen molar-refractivity contribution >= 4 is 17.4 Å². The molecule has 0 bridgehead atoms. The van der Waals surface area contributed by atoms with Crippen LogP contribution in [0.4, 0.5) is 8.78 Å². The van der Waals surface area contributed by atoms with E-state index in [1.165, 1.54) is 23.5 Å². The number of hydrogen-bond acceptors (Lipinski definition) is 5. The molecule has 10 heteroatoms. The molecule has 32 heavy (non-hydrogen) atoms. The van der Waals surface area contributed by atoms with Crippen molar-refractivity contribution in [1.82, 2.24) is 19.6 Å². The average Bonchev–Trinajstić information content (AvgIpc) is 3.18. The summed E-state index contributed by atoms with van der Waals surface area (Å²) in [5.41, 5.74) is 0.597. The van der Waals surface area contributed by atoms with Gasteiger partial charge < -0.3 is 4.74 Å². The third-order valence-electron chi connectivity index (χ3n) is 5.58. The van der Waals surface area contributed by atoms with E-state index in [0.717, 1.165) is 6.92 Å². The van der Waals surface area contributed by atoms with Crippen LogP contribution in [0.5, 0.6) is 5.75 Å². The van der Waals surface area contributed by atoms with Crippen LogP contribution in [0.15, 0.2) is 30.6 Å². The molecular weight excluding hydrogens is 440 g/mol. The van der Waals surface area contributed by atoms with Crippen molar-refractivity contribution in [3.63, 3.8) is 0 Å². The number of rotatable bonds is 7. The third kappa shape index (κ3) is 3.86. The molecule has 0 unspecified atom stereocenters. The van der Waals surface area contributed by atoms with Crippen molar-refractivity contribution in [2.45, 2.75) is 32.1 Å². The molecular formula is C22H20ClF2N5O2. The van der Waals surface area contributed by atoms with Crippen molar-refractivity contribution in [3.8, 4) is 28.8 Å². The molecule has 0 spiro atoms. The maximum absolute atomic E-state index is 13.9. The van der Waals surface area contributed by atoms with Crippen LogP contribution in [0.1, 0.15) is 42.2 Å². The summed E-state index contributed by atoms with van der Waals surface area (Å²) in [5, 5.41) is 17.8. The number of aryl methyl sites for hydroxylation is 1. The van der Waals surface area contributed by atoms with Gasteiger partial charge in [-0.1, -0.05) is 17.7 Å². The number of Topliss-reactive ketones (excluding diaryl/α,β-unsaturated/α-hetero) is 1. The minimum absolute atomic E-state index is 0.0761. The summed E-state index contributed by atoms with van der Waals surface area (Å²) in [6.45, 7) is 0.750. The summed E-state index contributed by atoms with van der Waals surface area (Å²) < 4.78 is 35.7. The number of ketones is 1. The van der Waals surface area contributed by atoms with Crippen LogP contribution in [0, 0.1) is 16.7 Å². The predicted octanol–water partition coefficient (Wildman–Crippen LogP) is 4.92. The van der Waals surface area contributed by atoms with Gasteiger partial charge in [0.2, 0.25) is 0 Å². The highest BCUT2D eigenvalue weighted by Gasteiger charge is 2.45. The van der Waals surface area contributed by atoms with Crippen molar-refractivity contribution < 1.29 is 18.3 Å². The lowest BCUT2D eigenvalue weighted by atomic mass is 9.95. The molecule has 0 N–H and O–H groups in total. The molecule has 1 aliphatic rings. The highest BCUT2D eigenvalue weighted by Crippen LogP contribution is 2.49. The predicted molar refractivity (Wildman–Crippen MR) is 113 cm³/mol. The van der Waals surface area contributed by atoms with E-state index in [-0.39, 0.29) is 23.8 Å². The monoisotopic (exact) mass is 459 g/mol. The summed E-state index contributed by atoms with van der Waals surface area (Å²) in [6.07, 6.45) is 4.74. The molecule has 1 aromatic carbocycles. The van der Waals surface area contributed by atoms with E-state index in [9.17, 15) is 18.8 Å². The van der Waals surface area contributed by atoms with E-state index in [4.69, 9.17) is 16.3 Å². The summed E-state index contributed by atoms with van der Waals surface area (Å²) in [6, 6.07) is 7.24. The number of benzene rings is 1. The van der Waals surface area contributed by atoms with E-state index in [2.05, 4.69) is 16.3 Å². The highest BCUT2D eigenvalue weighted by molar-refractivity contribution is 6.34. The number of nitrogens with zero attached hydrogens (tertiary/aromatic N) is 5. The second-order valence-electron chi connectivity index (χ2n) is 8.08. The van der Waals surface area contributed by atoms with Crippen LogP contribution in [0.2, 0.25) is 5.02 Å². The number of hydrogen-bond donors (Lipinski definition) is 0. The molecule has 3 aromatic rings. The number of ether oxygens (including phenoxy) is 1. The van der Waals surface area contributed by atoms with Gasteiger partial charge in [0, 0.05) is 37.7 Å². The van der Waals surface area contributed by atoms with Crippen LogP contribution >= 0.6 is 11.6 Å². The molecule has 1 aliphatic carbocycles. The Labute approximate surface area is 188 Å². The average molecular weight is 460 g/mol. The number of alkyl halides is 2. The van der Waals surface area contributed by atoms with Crippen LogP contribution in [0.25, 0.3) is 16.9 Å². The second-order valence-corrected chi connectivity index (χ2v) is 8.48. The van der Waals surface area contributed by atoms with E-state index < -0.39 is 17.0 Å². The Morgan fingerprint density at radius 1 is 1.38 bits per heavy atom. The zero-order chi connectivity index (χ0) is 23.3. The maximum Gasteiger partial charge on any atom is 0.292 e. The van der Waals surface area contributed by atoms with E-state index in [1.807, 2.05) is 0 Å². The Morgan fingerprint density at radius 3 is 2.69 bits per heavy atom. The number of nitriles is 1. The van der Waals surface area contributed by atoms with Gasteiger partial charge in [-0.2, -0.15) is 24.2 Å². The molecule has 0 atom stereocenters. The van der Waals surface area contributed by atoms with Gasteiger partial charge in [0.25, 0.3) is 5.92 Å². The minimum atomic E-state index is -3.19. The quantitative estimate of drug-likeness (QED) is 0.468. The molecule has 0 radical (unpaired) electrons. The minimum Gasteiger partial charge on any atom is -0.491 e. The Bertz CT molecular complexity index is 1250. The van der Waals surface area contributed by atoms with Gasteiger partial charge in [0.15, 0.2) is 23.0 Å². The molecule has 166 valence electrons. The van der Waals surface area contributed by atoms with Gasteiger partial charge in [-0.15, -0.1) is 0 Å². The van der Waals surface area contributed by atoms with Crippen LogP contribution < -0.4 is 4.74 Å². The summed E-state index contributed by atoms with van der Waals surface area (Å²) >= 11 is 6.25. The molecule has 0 amide bonds. The number of methoxy groups -OCH3 is 1. The Balaban J connectivity index is 1.69. The van der Waals surface area contributed by atoms with Gasteiger partial charge in [0.05, 0.1) is 29.8 Å². The van der Waals surface area contributed by atoms with Crippen LogP contribution in [-0.4, -0.2) is 32.5 Å². The number of carbonyl (C=O) groups excluding carboxylic acids is 1. The first-order valence-corrected chi connectivity index (χ1v) is 10.2. The Hall–Kier alpha value is -3.25. The summed E-state index contributed by atoms with van der Waals surface area (Å²) in [4.78, 5) is 12.8. The number of halogens is 3. The molecule has 2 aromatic heterocycles. The number of aromatic nitrogens is 4. The van der Waals surface area contributed by atoms with Gasteiger partial charge in [-0.05, 0) is 30.5 Å². The lowest BCUT2D eigenvalue weighted by Gasteiger charge is -2.09. The zero-order valence-corrected chi connectivity index (χ0v) is 18.5. The topological polar surface area (TPSA) is 85.7 Å². The van der Waals surface area contributed by atoms with Crippen LogP contribution in [-0.2, 0) is 13.0 Å². The zero-order valence-electron chi connectivity index (χ0n) is 17.7. The van der Waals surface area contributed by atoms with E-state index in [1.54, 1.807) is 30.6 Å². The smallest absolute Gasteiger partial charge is 0.292 e. The molecule has 7 nitrogen and oxygen atoms in total. The van der Waals surface area contributed by atoms with Gasteiger partial charge >= 0.3 is 0 Å². The molecule has 0 aliphatic heterocycles. The molecule has 1 fully saturated rings. The summed E-state index contributed by atoms with van der Waals surface area (Å²) in [5.74, 6) is -3.21. The fraction of sp³-hybridized carbons (Fsp3) is 0.364. The first-order chi connectivity index (χ1) is 15.1. The van der Waals surface area contributed by atoms with E-state index in [0.29, 0.717) is 34.6 Å². The summed E-state index contributed by atoms with van der Waals surface area (Å²) in [7, 11) is 2.82. The largest absolute Gasteiger partial charge is 0.491 e. The lowest BCUT2D eigenvalue weighted by molar-refractivity contribution is 0.00992. The molecule has 1 saturated carbocycles. The van der Waals surface area contributed by atoms with Gasteiger partial charge in [0.1, 0.15) is 0 Å². The number of carbonyl (C=O) groups is 1. The highest BCUT2D eigenvalue weighted by atomic mass is 35.5. The van der Waals surface area contributed by atoms with Gasteiger partial charge in [-0.25, -0.2) is 9.36 Å². The van der Waals surface area contributed by atoms with Crippen molar-refractivity contribution in [2.24, 2.45) is 12.5 Å². The van der Waals surface area contributed by atoms with Crippen LogP contribution in [0.3, 0.4) is 0 Å². The normalized spacial score (nSPS) is 14.8. The standard InChI is InChI=1S/C22H20ClF2N5O2/c1-21(24,25)19-18(32-3)20(29(2)28-19)30-11-14(10-27-30)13-4-5-16(23)15(8-13)17(31)9-22(12-26)6-7-22/h4-5,8,10-11H,6-7,9H2,1-3H3. The first-order valence-electron chi connectivity index (χ1n) is 9.87. The Kier molecular flexibility index (Phi) is 5.29. The SMILES string of the molecule is COc1c(C(C)(F)F)nn(C)c1-n1cc(-c2ccc(Cl)c(C(=O)CC3(C#N)CC3)c2)cn1. The van der Waals surface area contributed by atoms with Gasteiger partial charge in [-0.3, -0.25) is 4.79 Å². The van der Waals surface area contributed by atoms with Crippen molar-refractivity contribution in [1.29, 1.82) is 5.26 Å². The fourth-order valence-electron chi connectivity index (χ4n) is 3.61. The maximum atomic E-state index is 13.9. The fourth-order valence-corrected chi connectivity index (χ4v) is 3.83. The van der Waals surface area contributed by atoms with E-state index >= 15 is 0 Å². The third-order valence-corrected chi connectivity index (χ3v) is 5.91. The second kappa shape index (κ2) is 7.71. The molecule has 2 heterocycles. The molecule has 4 rings (SSSR count). The molecule has 0 saturated heterocycles. The first kappa shape index (κ1) is 22.0.